The van der Waals surface area contributed by atoms with Crippen LogP contribution in [0.4, 0.5) is 0 Å². The first-order valence-corrected chi connectivity index (χ1v) is 6.71. The molecular weight excluding hydrogens is 224 g/mol. The first-order chi connectivity index (χ1) is 8.59. The molecule has 0 spiro atoms. The van der Waals surface area contributed by atoms with E-state index in [1.54, 1.807) is 0 Å². The van der Waals surface area contributed by atoms with Gasteiger partial charge in [-0.05, 0) is 38.1 Å². The van der Waals surface area contributed by atoms with Crippen molar-refractivity contribution in [1.29, 1.82) is 0 Å². The Hall–Kier alpha value is -1.06. The van der Waals surface area contributed by atoms with Gasteiger partial charge in [0, 0.05) is 12.6 Å². The minimum atomic E-state index is 0.294. The Bertz CT molecular complexity index is 314. The molecule has 0 aliphatic heterocycles. The lowest BCUT2D eigenvalue weighted by atomic mass is 10.0. The summed E-state index contributed by atoms with van der Waals surface area (Å²) in [4.78, 5) is 2.27. The molecule has 2 N–H and O–H groups in total. The largest absolute Gasteiger partial charge is 0.492 e. The summed E-state index contributed by atoms with van der Waals surface area (Å²) in [5.74, 6) is 1.49. The zero-order valence-corrected chi connectivity index (χ0v) is 11.8. The highest BCUT2D eigenvalue weighted by Gasteiger charge is 2.08. The number of rotatable bonds is 8. The van der Waals surface area contributed by atoms with E-state index in [2.05, 4.69) is 25.8 Å². The van der Waals surface area contributed by atoms with Crippen molar-refractivity contribution in [2.24, 2.45) is 11.7 Å². The normalized spacial score (nSPS) is 13.0. The Labute approximate surface area is 111 Å². The molecule has 0 heterocycles. The molecule has 1 aromatic carbocycles. The van der Waals surface area contributed by atoms with Crippen molar-refractivity contribution >= 4 is 0 Å². The van der Waals surface area contributed by atoms with E-state index in [4.69, 9.17) is 10.5 Å². The molecule has 3 heteroatoms. The molecule has 0 radical (unpaired) electrons. The molecule has 0 saturated heterocycles. The van der Waals surface area contributed by atoms with Crippen LogP contribution in [0.3, 0.4) is 0 Å². The Kier molecular flexibility index (Phi) is 6.76. The fraction of sp³-hybridized carbons (Fsp3) is 0.600. The van der Waals surface area contributed by atoms with Crippen molar-refractivity contribution in [2.45, 2.75) is 26.3 Å². The molecule has 3 nitrogen and oxygen atoms in total. The van der Waals surface area contributed by atoms with Crippen LogP contribution < -0.4 is 10.5 Å². The molecule has 102 valence electrons. The number of nitrogens with zero attached hydrogens (tertiary/aromatic N) is 1. The van der Waals surface area contributed by atoms with Crippen LogP contribution in [0.5, 0.6) is 5.75 Å². The molecule has 0 bridgehead atoms. The minimum Gasteiger partial charge on any atom is -0.492 e. The fourth-order valence-corrected chi connectivity index (χ4v) is 1.65. The van der Waals surface area contributed by atoms with E-state index in [0.717, 1.165) is 31.9 Å². The standard InChI is InChI=1S/C15H26N2O/c1-13(2)15(16)9-10-17(3)11-12-18-14-7-5-4-6-8-14/h4-8,13,15H,9-12,16H2,1-3H3. The lowest BCUT2D eigenvalue weighted by Crippen LogP contribution is -2.33. The second kappa shape index (κ2) is 8.11. The van der Waals surface area contributed by atoms with Crippen molar-refractivity contribution in [3.8, 4) is 5.75 Å². The van der Waals surface area contributed by atoms with E-state index >= 15 is 0 Å². The summed E-state index contributed by atoms with van der Waals surface area (Å²) in [6.45, 7) is 7.01. The number of nitrogens with two attached hydrogens (primary N) is 1. The molecule has 0 aromatic heterocycles. The number of hydrogen-bond acceptors (Lipinski definition) is 3. The molecule has 0 aliphatic carbocycles. The van der Waals surface area contributed by atoms with E-state index in [9.17, 15) is 0 Å². The SMILES string of the molecule is CC(C)C(N)CCN(C)CCOc1ccccc1. The van der Waals surface area contributed by atoms with Gasteiger partial charge in [-0.2, -0.15) is 0 Å². The summed E-state index contributed by atoms with van der Waals surface area (Å²) in [6, 6.07) is 10.2. The van der Waals surface area contributed by atoms with Crippen LogP contribution in [0.1, 0.15) is 20.3 Å². The van der Waals surface area contributed by atoms with Gasteiger partial charge >= 0.3 is 0 Å². The third-order valence-electron chi connectivity index (χ3n) is 3.19. The van der Waals surface area contributed by atoms with Gasteiger partial charge in [0.15, 0.2) is 0 Å². The molecule has 0 aliphatic rings. The van der Waals surface area contributed by atoms with Crippen LogP contribution in [0, 0.1) is 5.92 Å². The number of hydrogen-bond donors (Lipinski definition) is 1. The highest BCUT2D eigenvalue weighted by Crippen LogP contribution is 2.08. The Morgan fingerprint density at radius 3 is 2.44 bits per heavy atom. The van der Waals surface area contributed by atoms with E-state index in [-0.39, 0.29) is 0 Å². The van der Waals surface area contributed by atoms with Crippen molar-refractivity contribution in [3.05, 3.63) is 30.3 Å². The molecule has 0 amide bonds. The van der Waals surface area contributed by atoms with Crippen LogP contribution in [0.15, 0.2) is 30.3 Å². The van der Waals surface area contributed by atoms with Crippen molar-refractivity contribution in [2.75, 3.05) is 26.7 Å². The van der Waals surface area contributed by atoms with Gasteiger partial charge in [0.1, 0.15) is 12.4 Å². The number of likely N-dealkylation sites (N-methyl/N-ethyl adjacent to an activating group) is 1. The molecule has 1 atom stereocenters. The van der Waals surface area contributed by atoms with E-state index in [1.807, 2.05) is 30.3 Å². The van der Waals surface area contributed by atoms with Gasteiger partial charge in [0.2, 0.25) is 0 Å². The minimum absolute atomic E-state index is 0.294. The Balaban J connectivity index is 2.12. The molecule has 1 aromatic rings. The molecule has 18 heavy (non-hydrogen) atoms. The summed E-state index contributed by atoms with van der Waals surface area (Å²) >= 11 is 0. The van der Waals surface area contributed by atoms with E-state index in [1.165, 1.54) is 0 Å². The van der Waals surface area contributed by atoms with Crippen molar-refractivity contribution in [1.82, 2.24) is 4.90 Å². The highest BCUT2D eigenvalue weighted by molar-refractivity contribution is 5.20. The lowest BCUT2D eigenvalue weighted by molar-refractivity contribution is 0.229. The first-order valence-electron chi connectivity index (χ1n) is 6.71. The highest BCUT2D eigenvalue weighted by atomic mass is 16.5. The summed E-state index contributed by atoms with van der Waals surface area (Å²) in [6.07, 6.45) is 1.04. The Morgan fingerprint density at radius 2 is 1.83 bits per heavy atom. The number of para-hydroxylation sites is 1. The van der Waals surface area contributed by atoms with Gasteiger partial charge in [-0.3, -0.25) is 0 Å². The van der Waals surface area contributed by atoms with Gasteiger partial charge in [-0.1, -0.05) is 32.0 Å². The van der Waals surface area contributed by atoms with Gasteiger partial charge in [0.25, 0.3) is 0 Å². The van der Waals surface area contributed by atoms with Crippen LogP contribution in [-0.4, -0.2) is 37.7 Å². The predicted molar refractivity (Wildman–Crippen MR) is 76.9 cm³/mol. The molecular formula is C15H26N2O. The second-order valence-electron chi connectivity index (χ2n) is 5.16. The van der Waals surface area contributed by atoms with Crippen molar-refractivity contribution in [3.63, 3.8) is 0 Å². The lowest BCUT2D eigenvalue weighted by Gasteiger charge is -2.21. The average Bonchev–Trinajstić information content (AvgIpc) is 2.37. The summed E-state index contributed by atoms with van der Waals surface area (Å²) in [7, 11) is 2.11. The monoisotopic (exact) mass is 250 g/mol. The smallest absolute Gasteiger partial charge is 0.119 e. The van der Waals surface area contributed by atoms with Crippen LogP contribution in [0.25, 0.3) is 0 Å². The third kappa shape index (κ3) is 6.03. The zero-order valence-electron chi connectivity index (χ0n) is 11.8. The molecule has 0 saturated carbocycles. The van der Waals surface area contributed by atoms with Crippen LogP contribution in [0.2, 0.25) is 0 Å². The molecule has 1 unspecified atom stereocenters. The quantitative estimate of drug-likeness (QED) is 0.770. The zero-order chi connectivity index (χ0) is 13.4. The maximum Gasteiger partial charge on any atom is 0.119 e. The maximum atomic E-state index is 6.03. The van der Waals surface area contributed by atoms with E-state index < -0.39 is 0 Å². The maximum absolute atomic E-state index is 6.03. The van der Waals surface area contributed by atoms with Crippen LogP contribution >= 0.6 is 0 Å². The third-order valence-corrected chi connectivity index (χ3v) is 3.19. The first kappa shape index (κ1) is 15.0. The van der Waals surface area contributed by atoms with Gasteiger partial charge in [0.05, 0.1) is 0 Å². The van der Waals surface area contributed by atoms with Gasteiger partial charge in [-0.25, -0.2) is 0 Å². The Morgan fingerprint density at radius 1 is 1.17 bits per heavy atom. The molecule has 1 rings (SSSR count). The van der Waals surface area contributed by atoms with Gasteiger partial charge in [-0.15, -0.1) is 0 Å². The summed E-state index contributed by atoms with van der Waals surface area (Å²) in [5.41, 5.74) is 6.03. The van der Waals surface area contributed by atoms with Crippen molar-refractivity contribution < 1.29 is 4.74 Å². The molecule has 0 fully saturated rings. The number of ether oxygens (including phenoxy) is 1. The average molecular weight is 250 g/mol. The van der Waals surface area contributed by atoms with E-state index in [0.29, 0.717) is 12.0 Å². The topological polar surface area (TPSA) is 38.5 Å². The van der Waals surface area contributed by atoms with Crippen LogP contribution in [-0.2, 0) is 0 Å². The summed E-state index contributed by atoms with van der Waals surface area (Å²) in [5, 5.41) is 0. The predicted octanol–water partition coefficient (Wildman–Crippen LogP) is 2.37. The van der Waals surface area contributed by atoms with Gasteiger partial charge < -0.3 is 15.4 Å². The number of benzene rings is 1. The second-order valence-corrected chi connectivity index (χ2v) is 5.16. The fourth-order valence-electron chi connectivity index (χ4n) is 1.65. The summed E-state index contributed by atoms with van der Waals surface area (Å²) < 4.78 is 5.66.